The molecule has 1 N–H and O–H groups in total. The molecule has 0 unspecified atom stereocenters. The zero-order chi connectivity index (χ0) is 15.6. The summed E-state index contributed by atoms with van der Waals surface area (Å²) >= 11 is 0. The summed E-state index contributed by atoms with van der Waals surface area (Å²) in [4.78, 5) is 19.5. The largest absolute Gasteiger partial charge is 0.467 e. The third kappa shape index (κ3) is 5.24. The molecule has 0 spiro atoms. The lowest BCUT2D eigenvalue weighted by molar-refractivity contribution is 0.141. The molecule has 114 valence electrons. The highest BCUT2D eigenvalue weighted by molar-refractivity contribution is 5.67. The van der Waals surface area contributed by atoms with Gasteiger partial charge < -0.3 is 14.8 Å². The Kier molecular flexibility index (Phi) is 5.92. The molecule has 0 aliphatic rings. The van der Waals surface area contributed by atoms with Crippen LogP contribution in [0.1, 0.15) is 11.1 Å². The monoisotopic (exact) mass is 299 g/mol. The average Bonchev–Trinajstić information content (AvgIpc) is 2.58. The highest BCUT2D eigenvalue weighted by Crippen LogP contribution is 2.03. The number of amides is 1. The Labute approximate surface area is 128 Å². The molecule has 22 heavy (non-hydrogen) atoms. The lowest BCUT2D eigenvalue weighted by atomic mass is 10.2. The van der Waals surface area contributed by atoms with Gasteiger partial charge >= 0.3 is 12.1 Å². The van der Waals surface area contributed by atoms with Crippen LogP contribution in [-0.4, -0.2) is 29.7 Å². The van der Waals surface area contributed by atoms with E-state index in [1.54, 1.807) is 24.5 Å². The summed E-state index contributed by atoms with van der Waals surface area (Å²) < 4.78 is 9.96. The predicted molar refractivity (Wildman–Crippen MR) is 82.2 cm³/mol. The minimum absolute atomic E-state index is 0.253. The van der Waals surface area contributed by atoms with E-state index < -0.39 is 6.09 Å². The van der Waals surface area contributed by atoms with Crippen molar-refractivity contribution in [1.82, 2.24) is 15.3 Å². The zero-order valence-electron chi connectivity index (χ0n) is 12.2. The number of hydrogen-bond acceptors (Lipinski definition) is 5. The van der Waals surface area contributed by atoms with E-state index in [-0.39, 0.29) is 6.61 Å². The van der Waals surface area contributed by atoms with E-state index in [4.69, 9.17) is 9.47 Å². The first-order valence-corrected chi connectivity index (χ1v) is 6.75. The summed E-state index contributed by atoms with van der Waals surface area (Å²) in [5.74, 6) is 0. The molecule has 2 aromatic rings. The molecule has 0 aliphatic heterocycles. The van der Waals surface area contributed by atoms with Gasteiger partial charge in [-0.05, 0) is 5.56 Å². The van der Waals surface area contributed by atoms with Crippen molar-refractivity contribution in [3.8, 4) is 6.01 Å². The van der Waals surface area contributed by atoms with E-state index in [2.05, 4.69) is 15.3 Å². The Morgan fingerprint density at radius 2 is 1.95 bits per heavy atom. The fraction of sp³-hybridized carbons (Fsp3) is 0.188. The molecule has 0 bridgehead atoms. The van der Waals surface area contributed by atoms with Gasteiger partial charge in [-0.15, -0.1) is 0 Å². The molecule has 1 aromatic heterocycles. The van der Waals surface area contributed by atoms with E-state index in [1.165, 1.54) is 7.11 Å². The van der Waals surface area contributed by atoms with Gasteiger partial charge in [-0.25, -0.2) is 14.8 Å². The van der Waals surface area contributed by atoms with Gasteiger partial charge in [0.05, 0.1) is 7.11 Å². The van der Waals surface area contributed by atoms with Crippen molar-refractivity contribution >= 4 is 12.2 Å². The second kappa shape index (κ2) is 8.41. The van der Waals surface area contributed by atoms with Crippen LogP contribution in [-0.2, 0) is 11.3 Å². The Bertz CT molecular complexity index is 612. The molecule has 1 heterocycles. The maximum absolute atomic E-state index is 11.5. The average molecular weight is 299 g/mol. The number of ether oxygens (including phenoxy) is 2. The smallest absolute Gasteiger partial charge is 0.407 e. The van der Waals surface area contributed by atoms with Crippen LogP contribution in [0.5, 0.6) is 6.01 Å². The van der Waals surface area contributed by atoms with Crippen molar-refractivity contribution in [3.05, 3.63) is 59.9 Å². The molecule has 0 atom stereocenters. The van der Waals surface area contributed by atoms with Gasteiger partial charge in [-0.2, -0.15) is 0 Å². The van der Waals surface area contributed by atoms with Gasteiger partial charge in [0.25, 0.3) is 0 Å². The summed E-state index contributed by atoms with van der Waals surface area (Å²) in [6.45, 7) is 0.613. The van der Waals surface area contributed by atoms with Crippen LogP contribution >= 0.6 is 0 Å². The van der Waals surface area contributed by atoms with Gasteiger partial charge in [0.2, 0.25) is 0 Å². The molecule has 1 aromatic carbocycles. The Hall–Kier alpha value is -2.89. The summed E-state index contributed by atoms with van der Waals surface area (Å²) in [7, 11) is 1.51. The van der Waals surface area contributed by atoms with Gasteiger partial charge in [-0.1, -0.05) is 42.5 Å². The van der Waals surface area contributed by atoms with Gasteiger partial charge in [0.1, 0.15) is 6.61 Å². The van der Waals surface area contributed by atoms with Crippen molar-refractivity contribution in [3.63, 3.8) is 0 Å². The quantitative estimate of drug-likeness (QED) is 0.886. The summed E-state index contributed by atoms with van der Waals surface area (Å²) in [6, 6.07) is 9.83. The Balaban J connectivity index is 1.68. The number of hydrogen-bond donors (Lipinski definition) is 1. The van der Waals surface area contributed by atoms with Crippen LogP contribution in [0.25, 0.3) is 6.08 Å². The Morgan fingerprint density at radius 3 is 2.64 bits per heavy atom. The standard InChI is InChI=1S/C16H17N3O3/c1-21-15-18-10-14(11-19-15)8-5-9-17-16(20)22-12-13-6-3-2-4-7-13/h2-8,10-11H,9,12H2,1H3,(H,17,20). The molecule has 2 rings (SSSR count). The highest BCUT2D eigenvalue weighted by atomic mass is 16.5. The number of nitrogens with zero attached hydrogens (tertiary/aromatic N) is 2. The third-order valence-electron chi connectivity index (χ3n) is 2.72. The predicted octanol–water partition coefficient (Wildman–Crippen LogP) is 2.42. The van der Waals surface area contributed by atoms with Crippen LogP contribution in [0.4, 0.5) is 4.79 Å². The van der Waals surface area contributed by atoms with Crippen LogP contribution in [0.2, 0.25) is 0 Å². The number of nitrogens with one attached hydrogen (secondary N) is 1. The van der Waals surface area contributed by atoms with E-state index in [9.17, 15) is 4.79 Å². The van der Waals surface area contributed by atoms with Crippen LogP contribution in [0, 0.1) is 0 Å². The molecule has 6 heteroatoms. The first kappa shape index (κ1) is 15.5. The maximum atomic E-state index is 11.5. The third-order valence-corrected chi connectivity index (χ3v) is 2.72. The van der Waals surface area contributed by atoms with Crippen molar-refractivity contribution in [2.75, 3.05) is 13.7 Å². The lowest BCUT2D eigenvalue weighted by Gasteiger charge is -2.05. The minimum atomic E-state index is -0.459. The molecule has 0 saturated carbocycles. The first-order valence-electron chi connectivity index (χ1n) is 6.75. The molecule has 0 saturated heterocycles. The number of alkyl carbamates (subject to hydrolysis) is 1. The normalized spacial score (nSPS) is 10.4. The van der Waals surface area contributed by atoms with Crippen molar-refractivity contribution in [1.29, 1.82) is 0 Å². The van der Waals surface area contributed by atoms with Gasteiger partial charge in [0.15, 0.2) is 0 Å². The molecular formula is C16H17N3O3. The first-order chi connectivity index (χ1) is 10.8. The lowest BCUT2D eigenvalue weighted by Crippen LogP contribution is -2.24. The zero-order valence-corrected chi connectivity index (χ0v) is 12.2. The molecular weight excluding hydrogens is 282 g/mol. The van der Waals surface area contributed by atoms with Gasteiger partial charge in [-0.3, -0.25) is 0 Å². The van der Waals surface area contributed by atoms with Crippen LogP contribution in [0.15, 0.2) is 48.8 Å². The number of carbonyl (C=O) groups excluding carboxylic acids is 1. The van der Waals surface area contributed by atoms with Gasteiger partial charge in [0, 0.05) is 24.5 Å². The fourth-order valence-electron chi connectivity index (χ4n) is 1.63. The number of carbonyl (C=O) groups is 1. The SMILES string of the molecule is COc1ncc(C=CCNC(=O)OCc2ccccc2)cn1. The number of aromatic nitrogens is 2. The van der Waals surface area contributed by atoms with E-state index in [0.717, 1.165) is 11.1 Å². The van der Waals surface area contributed by atoms with E-state index in [1.807, 2.05) is 30.3 Å². The summed E-state index contributed by atoms with van der Waals surface area (Å²) in [6.07, 6.45) is 6.40. The molecule has 0 radical (unpaired) electrons. The number of rotatable bonds is 6. The van der Waals surface area contributed by atoms with Crippen molar-refractivity contribution in [2.24, 2.45) is 0 Å². The van der Waals surface area contributed by atoms with E-state index >= 15 is 0 Å². The van der Waals surface area contributed by atoms with E-state index in [0.29, 0.717) is 12.6 Å². The minimum Gasteiger partial charge on any atom is -0.467 e. The molecule has 6 nitrogen and oxygen atoms in total. The molecule has 0 aliphatic carbocycles. The van der Waals surface area contributed by atoms with Crippen LogP contribution in [0.3, 0.4) is 0 Å². The van der Waals surface area contributed by atoms with Crippen molar-refractivity contribution in [2.45, 2.75) is 6.61 Å². The summed E-state index contributed by atoms with van der Waals surface area (Å²) in [5, 5.41) is 2.63. The maximum Gasteiger partial charge on any atom is 0.407 e. The summed E-state index contributed by atoms with van der Waals surface area (Å²) in [5.41, 5.74) is 1.77. The molecule has 0 fully saturated rings. The Morgan fingerprint density at radius 1 is 1.23 bits per heavy atom. The second-order valence-electron chi connectivity index (χ2n) is 4.35. The highest BCUT2D eigenvalue weighted by Gasteiger charge is 2.00. The topological polar surface area (TPSA) is 73.3 Å². The number of methoxy groups -OCH3 is 1. The second-order valence-corrected chi connectivity index (χ2v) is 4.35. The molecule has 1 amide bonds. The fourth-order valence-corrected chi connectivity index (χ4v) is 1.63. The number of benzene rings is 1. The van der Waals surface area contributed by atoms with Crippen LogP contribution < -0.4 is 10.1 Å². The van der Waals surface area contributed by atoms with Crippen molar-refractivity contribution < 1.29 is 14.3 Å².